The van der Waals surface area contributed by atoms with Crippen LogP contribution in [0.2, 0.25) is 4.34 Å². The molecule has 0 unspecified atom stereocenters. The Morgan fingerprint density at radius 2 is 1.92 bits per heavy atom. The van der Waals surface area contributed by atoms with Crippen molar-refractivity contribution in [3.05, 3.63) is 39.0 Å². The van der Waals surface area contributed by atoms with Gasteiger partial charge in [-0.1, -0.05) is 11.6 Å². The zero-order valence-electron chi connectivity index (χ0n) is 14.2. The third-order valence-corrected chi connectivity index (χ3v) is 5.49. The van der Waals surface area contributed by atoms with Crippen LogP contribution < -0.4 is 14.4 Å². The highest BCUT2D eigenvalue weighted by Gasteiger charge is 2.38. The maximum absolute atomic E-state index is 12.5. The quantitative estimate of drug-likeness (QED) is 0.748. The average molecular weight is 393 g/mol. The monoisotopic (exact) mass is 392 g/mol. The Morgan fingerprint density at radius 1 is 1.19 bits per heavy atom. The van der Waals surface area contributed by atoms with Crippen LogP contribution in [0, 0.1) is 0 Å². The van der Waals surface area contributed by atoms with Crippen molar-refractivity contribution in [1.29, 1.82) is 0 Å². The lowest BCUT2D eigenvalue weighted by atomic mass is 10.1. The zero-order valence-corrected chi connectivity index (χ0v) is 15.7. The van der Waals surface area contributed by atoms with Gasteiger partial charge in [0.2, 0.25) is 0 Å². The fourth-order valence-corrected chi connectivity index (χ4v) is 4.25. The number of hydrogen-bond acceptors (Lipinski definition) is 6. The Kier molecular flexibility index (Phi) is 4.60. The molecule has 2 aliphatic heterocycles. The first kappa shape index (κ1) is 17.3. The van der Waals surface area contributed by atoms with Crippen LogP contribution in [0.5, 0.6) is 11.5 Å². The number of anilines is 1. The molecule has 1 amide bonds. The average Bonchev–Trinajstić information content (AvgIpc) is 3.00. The Balaban J connectivity index is 1.59. The number of hydrogen-bond donors (Lipinski definition) is 0. The summed E-state index contributed by atoms with van der Waals surface area (Å²) in [6.45, 7) is 2.01. The van der Waals surface area contributed by atoms with Gasteiger partial charge in [-0.25, -0.2) is 0 Å². The molecule has 136 valence electrons. The van der Waals surface area contributed by atoms with Gasteiger partial charge in [-0.3, -0.25) is 19.4 Å². The minimum absolute atomic E-state index is 0.298. The predicted octanol–water partition coefficient (Wildman–Crippen LogP) is 3.18. The van der Waals surface area contributed by atoms with Crippen molar-refractivity contribution in [2.45, 2.75) is 13.0 Å². The van der Waals surface area contributed by atoms with Crippen LogP contribution in [-0.2, 0) is 11.3 Å². The maximum atomic E-state index is 12.5. The second-order valence-electron chi connectivity index (χ2n) is 6.29. The molecule has 0 fully saturated rings. The lowest BCUT2D eigenvalue weighted by molar-refractivity contribution is -0.114. The van der Waals surface area contributed by atoms with E-state index in [2.05, 4.69) is 0 Å². The number of benzene rings is 1. The first-order chi connectivity index (χ1) is 12.5. The summed E-state index contributed by atoms with van der Waals surface area (Å²) >= 11 is 7.47. The highest BCUT2D eigenvalue weighted by molar-refractivity contribution is 7.16. The number of halogens is 1. The van der Waals surface area contributed by atoms with Gasteiger partial charge < -0.3 is 9.47 Å². The number of carbonyl (C=O) groups excluding carboxylic acids is 2. The van der Waals surface area contributed by atoms with E-state index in [1.165, 1.54) is 16.2 Å². The Bertz CT molecular complexity index is 882. The molecule has 8 heteroatoms. The molecule has 2 aliphatic rings. The molecular formula is C18H17ClN2O4S. The SMILES string of the molecule is CN(Cc1ccc(Cl)s1)CN1C(=O)C(=O)c2cc3c(cc21)OCCCO3. The van der Waals surface area contributed by atoms with Gasteiger partial charge >= 0.3 is 5.91 Å². The van der Waals surface area contributed by atoms with Crippen LogP contribution >= 0.6 is 22.9 Å². The molecule has 0 N–H and O–H groups in total. The highest BCUT2D eigenvalue weighted by Crippen LogP contribution is 2.40. The van der Waals surface area contributed by atoms with Crippen molar-refractivity contribution < 1.29 is 19.1 Å². The molecule has 1 aromatic carbocycles. The van der Waals surface area contributed by atoms with Gasteiger partial charge in [0.15, 0.2) is 11.5 Å². The molecule has 0 saturated heterocycles. The zero-order chi connectivity index (χ0) is 18.3. The van der Waals surface area contributed by atoms with Gasteiger partial charge in [-0.05, 0) is 25.2 Å². The molecule has 0 atom stereocenters. The first-order valence-corrected chi connectivity index (χ1v) is 9.45. The van der Waals surface area contributed by atoms with E-state index in [1.807, 2.05) is 24.1 Å². The summed E-state index contributed by atoms with van der Waals surface area (Å²) in [6, 6.07) is 7.16. The van der Waals surface area contributed by atoms with E-state index >= 15 is 0 Å². The normalized spacial score (nSPS) is 16.2. The van der Waals surface area contributed by atoms with Crippen LogP contribution in [-0.4, -0.2) is 43.5 Å². The van der Waals surface area contributed by atoms with E-state index in [1.54, 1.807) is 12.1 Å². The van der Waals surface area contributed by atoms with E-state index < -0.39 is 11.7 Å². The van der Waals surface area contributed by atoms with Gasteiger partial charge in [-0.2, -0.15) is 0 Å². The van der Waals surface area contributed by atoms with Crippen molar-refractivity contribution in [2.24, 2.45) is 0 Å². The molecule has 0 bridgehead atoms. The lowest BCUT2D eigenvalue weighted by Gasteiger charge is -2.24. The number of nitrogens with zero attached hydrogens (tertiary/aromatic N) is 2. The second kappa shape index (κ2) is 6.90. The second-order valence-corrected chi connectivity index (χ2v) is 8.09. The molecule has 3 heterocycles. The van der Waals surface area contributed by atoms with Gasteiger partial charge in [0.05, 0.1) is 35.5 Å². The molecule has 0 radical (unpaired) electrons. The minimum Gasteiger partial charge on any atom is -0.490 e. The molecule has 26 heavy (non-hydrogen) atoms. The van der Waals surface area contributed by atoms with Gasteiger partial charge in [0, 0.05) is 23.9 Å². The van der Waals surface area contributed by atoms with Crippen molar-refractivity contribution >= 4 is 40.3 Å². The number of Topliss-reactive ketones (excluding diaryl/α,β-unsaturated/α-hetero) is 1. The fraction of sp³-hybridized carbons (Fsp3) is 0.333. The van der Waals surface area contributed by atoms with Crippen molar-refractivity contribution in [1.82, 2.24) is 4.90 Å². The number of thiophene rings is 1. The highest BCUT2D eigenvalue weighted by atomic mass is 35.5. The Labute approximate surface area is 159 Å². The van der Waals surface area contributed by atoms with Gasteiger partial charge in [0.25, 0.3) is 5.78 Å². The van der Waals surface area contributed by atoms with Crippen LogP contribution in [0.1, 0.15) is 21.7 Å². The molecule has 0 saturated carbocycles. The predicted molar refractivity (Wildman–Crippen MR) is 99.5 cm³/mol. The summed E-state index contributed by atoms with van der Waals surface area (Å²) in [7, 11) is 1.90. The van der Waals surface area contributed by atoms with Gasteiger partial charge in [0.1, 0.15) is 0 Å². The summed E-state index contributed by atoms with van der Waals surface area (Å²) in [5.41, 5.74) is 0.937. The Morgan fingerprint density at radius 3 is 2.62 bits per heavy atom. The van der Waals surface area contributed by atoms with Crippen LogP contribution in [0.25, 0.3) is 0 Å². The summed E-state index contributed by atoms with van der Waals surface area (Å²) < 4.78 is 12.0. The number of rotatable bonds is 4. The molecule has 2 aromatic rings. The topological polar surface area (TPSA) is 59.1 Å². The van der Waals surface area contributed by atoms with Crippen LogP contribution in [0.15, 0.2) is 24.3 Å². The maximum Gasteiger partial charge on any atom is 0.300 e. The third-order valence-electron chi connectivity index (χ3n) is 4.28. The molecule has 6 nitrogen and oxygen atoms in total. The van der Waals surface area contributed by atoms with Gasteiger partial charge in [-0.15, -0.1) is 11.3 Å². The standard InChI is InChI=1S/C18H17ClN2O4S/c1-20(9-11-3-4-16(19)26-11)10-21-13-8-15-14(24-5-2-6-25-15)7-12(13)17(22)18(21)23/h3-4,7-8H,2,5-6,9-10H2,1H3. The van der Waals surface area contributed by atoms with Crippen molar-refractivity contribution in [3.63, 3.8) is 0 Å². The van der Waals surface area contributed by atoms with Crippen LogP contribution in [0.4, 0.5) is 5.69 Å². The summed E-state index contributed by atoms with van der Waals surface area (Å²) in [4.78, 5) is 29.4. The summed E-state index contributed by atoms with van der Waals surface area (Å²) in [5.74, 6) is 0.0479. The smallest absolute Gasteiger partial charge is 0.300 e. The number of ketones is 1. The first-order valence-electron chi connectivity index (χ1n) is 8.25. The minimum atomic E-state index is -0.531. The largest absolute Gasteiger partial charge is 0.490 e. The van der Waals surface area contributed by atoms with E-state index in [0.29, 0.717) is 49.2 Å². The van der Waals surface area contributed by atoms with E-state index in [0.717, 1.165) is 15.6 Å². The molecule has 4 rings (SSSR count). The van der Waals surface area contributed by atoms with E-state index in [-0.39, 0.29) is 0 Å². The molecular weight excluding hydrogens is 376 g/mol. The Hall–Kier alpha value is -2.09. The number of ether oxygens (including phenoxy) is 2. The molecule has 0 aliphatic carbocycles. The van der Waals surface area contributed by atoms with E-state index in [9.17, 15) is 9.59 Å². The molecule has 1 aromatic heterocycles. The van der Waals surface area contributed by atoms with E-state index in [4.69, 9.17) is 21.1 Å². The number of carbonyl (C=O) groups is 2. The lowest BCUT2D eigenvalue weighted by Crippen LogP contribution is -2.38. The summed E-state index contributed by atoms with van der Waals surface area (Å²) in [6.07, 6.45) is 0.780. The third kappa shape index (κ3) is 3.18. The number of fused-ring (bicyclic) bond motifs is 2. The fourth-order valence-electron chi connectivity index (χ4n) is 3.08. The summed E-state index contributed by atoms with van der Waals surface area (Å²) in [5, 5.41) is 0. The van der Waals surface area contributed by atoms with Crippen molar-refractivity contribution in [3.8, 4) is 11.5 Å². The number of amides is 1. The van der Waals surface area contributed by atoms with Crippen LogP contribution in [0.3, 0.4) is 0 Å². The van der Waals surface area contributed by atoms with Crippen molar-refractivity contribution in [2.75, 3.05) is 31.8 Å². The molecule has 0 spiro atoms.